The summed E-state index contributed by atoms with van der Waals surface area (Å²) in [5.74, 6) is -0.929. The first-order valence-electron chi connectivity index (χ1n) is 20.1. The molecule has 10 nitrogen and oxygen atoms in total. The highest BCUT2D eigenvalue weighted by Gasteiger charge is 2.27. The number of hydrogen-bond donors (Lipinski definition) is 3. The summed E-state index contributed by atoms with van der Waals surface area (Å²) in [6.07, 6.45) is 31.8. The first-order chi connectivity index (χ1) is 24.2. The maximum absolute atomic E-state index is 12.5. The Morgan fingerprint density at radius 3 is 1.50 bits per heavy atom. The number of carbonyl (C=O) groups excluding carboxylic acids is 2. The summed E-state index contributed by atoms with van der Waals surface area (Å²) in [7, 11) is -4.61. The van der Waals surface area contributed by atoms with E-state index < -0.39 is 51.8 Å². The average molecular weight is 735 g/mol. The summed E-state index contributed by atoms with van der Waals surface area (Å²) >= 11 is 0. The van der Waals surface area contributed by atoms with E-state index in [1.54, 1.807) is 0 Å². The molecule has 0 aliphatic heterocycles. The van der Waals surface area contributed by atoms with E-state index in [0.29, 0.717) is 12.8 Å². The largest absolute Gasteiger partial charge is 0.472 e. The molecular formula is C39H75O10P. The zero-order valence-electron chi connectivity index (χ0n) is 31.9. The van der Waals surface area contributed by atoms with Crippen LogP contribution in [0.15, 0.2) is 12.2 Å². The molecule has 0 aromatic heterocycles. The molecule has 0 rings (SSSR count). The van der Waals surface area contributed by atoms with Crippen molar-refractivity contribution in [2.45, 2.75) is 199 Å². The van der Waals surface area contributed by atoms with Gasteiger partial charge in [0.15, 0.2) is 6.10 Å². The van der Waals surface area contributed by atoms with Crippen LogP contribution in [0, 0.1) is 0 Å². The molecule has 3 atom stereocenters. The van der Waals surface area contributed by atoms with E-state index in [-0.39, 0.29) is 19.4 Å². The predicted octanol–water partition coefficient (Wildman–Crippen LogP) is 10.1. The van der Waals surface area contributed by atoms with Gasteiger partial charge in [-0.3, -0.25) is 18.6 Å². The van der Waals surface area contributed by atoms with Crippen LogP contribution < -0.4 is 0 Å². The molecule has 0 saturated heterocycles. The van der Waals surface area contributed by atoms with Gasteiger partial charge < -0.3 is 24.6 Å². The molecule has 0 aromatic rings. The lowest BCUT2D eigenvalue weighted by atomic mass is 10.0. The minimum atomic E-state index is -4.61. The zero-order valence-corrected chi connectivity index (χ0v) is 32.8. The number of hydrogen-bond acceptors (Lipinski definition) is 9. The maximum Gasteiger partial charge on any atom is 0.472 e. The van der Waals surface area contributed by atoms with Crippen LogP contribution >= 0.6 is 7.82 Å². The molecule has 0 saturated carbocycles. The van der Waals surface area contributed by atoms with Crippen LogP contribution in [-0.4, -0.2) is 65.7 Å². The number of rotatable bonds is 38. The van der Waals surface area contributed by atoms with E-state index in [0.717, 1.165) is 57.8 Å². The van der Waals surface area contributed by atoms with Gasteiger partial charge in [0.1, 0.15) is 12.7 Å². The number of allylic oxidation sites excluding steroid dienone is 2. The molecule has 296 valence electrons. The Labute approximate surface area is 305 Å². The van der Waals surface area contributed by atoms with Crippen molar-refractivity contribution in [3.8, 4) is 0 Å². The molecule has 3 unspecified atom stereocenters. The Kier molecular flexibility index (Phi) is 35.2. The predicted molar refractivity (Wildman–Crippen MR) is 201 cm³/mol. The zero-order chi connectivity index (χ0) is 37.0. The average Bonchev–Trinajstić information content (AvgIpc) is 3.10. The lowest BCUT2D eigenvalue weighted by molar-refractivity contribution is -0.161. The van der Waals surface area contributed by atoms with Crippen molar-refractivity contribution in [2.24, 2.45) is 0 Å². The number of unbranched alkanes of at least 4 members (excludes halogenated alkanes) is 22. The molecule has 3 N–H and O–H groups in total. The fourth-order valence-corrected chi connectivity index (χ4v) is 6.29. The van der Waals surface area contributed by atoms with Crippen molar-refractivity contribution in [2.75, 3.05) is 26.4 Å². The Balaban J connectivity index is 4.28. The van der Waals surface area contributed by atoms with Gasteiger partial charge in [0.05, 0.1) is 19.8 Å². The van der Waals surface area contributed by atoms with Gasteiger partial charge in [-0.2, -0.15) is 0 Å². The van der Waals surface area contributed by atoms with Crippen LogP contribution in [0.3, 0.4) is 0 Å². The Morgan fingerprint density at radius 1 is 0.580 bits per heavy atom. The van der Waals surface area contributed by atoms with Crippen molar-refractivity contribution >= 4 is 19.8 Å². The summed E-state index contributed by atoms with van der Waals surface area (Å²) in [6.45, 7) is 2.34. The van der Waals surface area contributed by atoms with Crippen LogP contribution in [0.1, 0.15) is 187 Å². The van der Waals surface area contributed by atoms with Gasteiger partial charge in [-0.25, -0.2) is 4.57 Å². The molecule has 0 aromatic carbocycles. The number of aliphatic hydroxyl groups excluding tert-OH is 2. The van der Waals surface area contributed by atoms with E-state index in [9.17, 15) is 24.2 Å². The molecule has 0 aliphatic rings. The van der Waals surface area contributed by atoms with Crippen molar-refractivity contribution < 1.29 is 47.8 Å². The highest BCUT2D eigenvalue weighted by molar-refractivity contribution is 7.47. The molecule has 0 radical (unpaired) electrons. The number of phosphoric acid groups is 1. The third-order valence-corrected chi connectivity index (χ3v) is 9.62. The highest BCUT2D eigenvalue weighted by Crippen LogP contribution is 2.43. The number of aliphatic hydroxyl groups is 2. The van der Waals surface area contributed by atoms with Crippen LogP contribution in [0.5, 0.6) is 0 Å². The van der Waals surface area contributed by atoms with Crippen molar-refractivity contribution in [3.63, 3.8) is 0 Å². The lowest BCUT2D eigenvalue weighted by Gasteiger charge is -2.20. The van der Waals surface area contributed by atoms with Gasteiger partial charge in [-0.05, 0) is 32.1 Å². The van der Waals surface area contributed by atoms with E-state index in [1.165, 1.54) is 89.9 Å². The summed E-state index contributed by atoms with van der Waals surface area (Å²) in [6, 6.07) is 0. The van der Waals surface area contributed by atoms with Crippen molar-refractivity contribution in [3.05, 3.63) is 12.2 Å². The van der Waals surface area contributed by atoms with Gasteiger partial charge >= 0.3 is 19.8 Å². The second-order valence-electron chi connectivity index (χ2n) is 13.7. The minimum absolute atomic E-state index is 0.177. The number of esters is 2. The van der Waals surface area contributed by atoms with Gasteiger partial charge in [0, 0.05) is 12.8 Å². The Hall–Kier alpha value is -1.29. The molecule has 50 heavy (non-hydrogen) atoms. The quantitative estimate of drug-likeness (QED) is 0.0242. The van der Waals surface area contributed by atoms with Crippen LogP contribution in [0.4, 0.5) is 0 Å². The summed E-state index contributed by atoms with van der Waals surface area (Å²) in [5.41, 5.74) is 0. The standard InChI is InChI=1S/C39H75O10P/c1-3-5-7-9-11-13-15-16-17-18-19-21-22-24-26-28-30-38(42)46-34-37(35-48-50(44,45)47-33-36(41)32-40)49-39(43)31-29-27-25-23-20-14-12-10-8-6-4-2/h10,12,36-37,40-41H,3-9,11,13-35H2,1-2H3,(H,44,45)/b12-10-. The molecule has 0 aliphatic carbocycles. The normalized spacial score (nSPS) is 14.1. The van der Waals surface area contributed by atoms with Gasteiger partial charge in [0.2, 0.25) is 0 Å². The van der Waals surface area contributed by atoms with E-state index >= 15 is 0 Å². The first kappa shape index (κ1) is 48.7. The molecule has 0 fully saturated rings. The smallest absolute Gasteiger partial charge is 0.462 e. The molecular weight excluding hydrogens is 659 g/mol. The van der Waals surface area contributed by atoms with Gasteiger partial charge in [-0.1, -0.05) is 154 Å². The van der Waals surface area contributed by atoms with E-state index in [4.69, 9.17) is 19.1 Å². The SMILES string of the molecule is CCCC/C=C\CCCCCCCC(=O)OC(COC(=O)CCCCCCCCCCCCCCCCCC)COP(=O)(O)OCC(O)CO. The number of phosphoric ester groups is 1. The monoisotopic (exact) mass is 735 g/mol. The molecule has 0 bridgehead atoms. The topological polar surface area (TPSA) is 149 Å². The highest BCUT2D eigenvalue weighted by atomic mass is 31.2. The summed E-state index contributed by atoms with van der Waals surface area (Å²) < 4.78 is 32.6. The fraction of sp³-hybridized carbons (Fsp3) is 0.897. The molecule has 11 heteroatoms. The number of carbonyl (C=O) groups is 2. The minimum Gasteiger partial charge on any atom is -0.462 e. The van der Waals surface area contributed by atoms with E-state index in [1.807, 2.05) is 0 Å². The molecule has 0 spiro atoms. The maximum atomic E-state index is 12.5. The van der Waals surface area contributed by atoms with Crippen molar-refractivity contribution in [1.29, 1.82) is 0 Å². The Morgan fingerprint density at radius 2 is 1.00 bits per heavy atom. The van der Waals surface area contributed by atoms with Gasteiger partial charge in [0.25, 0.3) is 0 Å². The molecule has 0 heterocycles. The summed E-state index contributed by atoms with van der Waals surface area (Å²) in [5, 5.41) is 18.3. The second-order valence-corrected chi connectivity index (χ2v) is 15.1. The van der Waals surface area contributed by atoms with Crippen LogP contribution in [0.25, 0.3) is 0 Å². The lowest BCUT2D eigenvalue weighted by Crippen LogP contribution is -2.29. The molecule has 0 amide bonds. The third-order valence-electron chi connectivity index (χ3n) is 8.67. The third kappa shape index (κ3) is 35.1. The van der Waals surface area contributed by atoms with Crippen molar-refractivity contribution in [1.82, 2.24) is 0 Å². The fourth-order valence-electron chi connectivity index (χ4n) is 5.50. The van der Waals surface area contributed by atoms with E-state index in [2.05, 4.69) is 30.5 Å². The number of ether oxygens (including phenoxy) is 2. The summed E-state index contributed by atoms with van der Waals surface area (Å²) in [4.78, 5) is 34.8. The Bertz CT molecular complexity index is 853. The van der Waals surface area contributed by atoms with Crippen LogP contribution in [-0.2, 0) is 32.7 Å². The van der Waals surface area contributed by atoms with Gasteiger partial charge in [-0.15, -0.1) is 0 Å². The van der Waals surface area contributed by atoms with Crippen LogP contribution in [0.2, 0.25) is 0 Å². The first-order valence-corrected chi connectivity index (χ1v) is 21.6. The second kappa shape index (κ2) is 36.1.